The van der Waals surface area contributed by atoms with Crippen LogP contribution in [-0.2, 0) is 9.59 Å². The Bertz CT molecular complexity index is 148. The van der Waals surface area contributed by atoms with E-state index in [1.807, 2.05) is 0 Å². The lowest BCUT2D eigenvalue weighted by Crippen LogP contribution is -2.30. The number of carbonyl (C=O) groups excluding carboxylic acids is 1. The zero-order valence-electron chi connectivity index (χ0n) is 4.31. The van der Waals surface area contributed by atoms with Gasteiger partial charge in [0.05, 0.1) is 0 Å². The first-order valence-electron chi connectivity index (χ1n) is 1.70. The van der Waals surface area contributed by atoms with Crippen LogP contribution in [0.3, 0.4) is 0 Å². The van der Waals surface area contributed by atoms with Crippen molar-refractivity contribution >= 4 is 11.8 Å². The molecule has 0 fully saturated rings. The summed E-state index contributed by atoms with van der Waals surface area (Å²) in [6.07, 6.45) is -5.26. The van der Waals surface area contributed by atoms with Gasteiger partial charge in [-0.3, -0.25) is 9.50 Å². The molecule has 0 aromatic heterocycles. The molecule has 0 bridgehead atoms. The maximum atomic E-state index is 11.0. The molecule has 0 heterocycles. The highest BCUT2D eigenvalue weighted by Crippen LogP contribution is 2.15. The minimum atomic E-state index is -5.26. The van der Waals surface area contributed by atoms with Crippen molar-refractivity contribution in [3.05, 3.63) is 0 Å². The summed E-state index contributed by atoms with van der Waals surface area (Å²) in [4.78, 5) is 18.7. The van der Waals surface area contributed by atoms with Gasteiger partial charge in [-0.2, -0.15) is 13.2 Å². The number of halogens is 4. The van der Waals surface area contributed by atoms with Crippen LogP contribution in [0.1, 0.15) is 0 Å². The van der Waals surface area contributed by atoms with Crippen LogP contribution in [-0.4, -0.2) is 23.0 Å². The summed E-state index contributed by atoms with van der Waals surface area (Å²) in [7, 11) is 0. The van der Waals surface area contributed by atoms with Crippen LogP contribution in [0.15, 0.2) is 0 Å². The number of alkyl halides is 3. The van der Waals surface area contributed by atoms with Gasteiger partial charge in [0.2, 0.25) is 0 Å². The van der Waals surface area contributed by atoms with Crippen molar-refractivity contribution in [3.8, 4) is 0 Å². The topological polar surface area (TPSA) is 54.4 Å². The Balaban J connectivity index is 0. The number of carboxylic acid groups (broad SMARTS) is 1. The number of Topliss-reactive ketones (excluding diaryl/α,β-unsaturated/α-hetero) is 1. The van der Waals surface area contributed by atoms with Crippen molar-refractivity contribution in [2.45, 2.75) is 6.18 Å². The first kappa shape index (κ1) is 11.6. The van der Waals surface area contributed by atoms with Gasteiger partial charge < -0.3 is 5.11 Å². The first-order chi connectivity index (χ1) is 3.85. The van der Waals surface area contributed by atoms with Gasteiger partial charge in [0.25, 0.3) is 0 Å². The average molecular weight is 162 g/mol. The van der Waals surface area contributed by atoms with Crippen LogP contribution in [0.2, 0.25) is 0 Å². The quantitative estimate of drug-likeness (QED) is 0.447. The fourth-order valence-corrected chi connectivity index (χ4v) is 0.121. The van der Waals surface area contributed by atoms with E-state index in [1.165, 1.54) is 0 Å². The molecule has 0 saturated heterocycles. The second kappa shape index (κ2) is 3.14. The standard InChI is InChI=1S/C3HF3O3.FH/c4-3(5,6)1(7)2(8)9;/h(H,8,9);1H. The molecule has 0 aliphatic heterocycles. The van der Waals surface area contributed by atoms with Gasteiger partial charge in [-0.05, 0) is 0 Å². The molecule has 0 radical (unpaired) electrons. The zero-order chi connectivity index (χ0) is 7.65. The fourth-order valence-electron chi connectivity index (χ4n) is 0.121. The maximum Gasteiger partial charge on any atom is 0.461 e. The lowest BCUT2D eigenvalue weighted by atomic mass is 10.4. The molecule has 60 valence electrons. The molecule has 0 rings (SSSR count). The van der Waals surface area contributed by atoms with E-state index in [4.69, 9.17) is 5.11 Å². The molecule has 0 amide bonds. The summed E-state index contributed by atoms with van der Waals surface area (Å²) in [5.41, 5.74) is 0. The van der Waals surface area contributed by atoms with Crippen LogP contribution in [0.5, 0.6) is 0 Å². The van der Waals surface area contributed by atoms with Gasteiger partial charge >= 0.3 is 17.9 Å². The summed E-state index contributed by atoms with van der Waals surface area (Å²) in [6, 6.07) is 0. The van der Waals surface area contributed by atoms with E-state index in [0.717, 1.165) is 0 Å². The van der Waals surface area contributed by atoms with Gasteiger partial charge in [-0.15, -0.1) is 0 Å². The monoisotopic (exact) mass is 162 g/mol. The van der Waals surface area contributed by atoms with Gasteiger partial charge in [-0.1, -0.05) is 0 Å². The predicted molar refractivity (Wildman–Crippen MR) is 21.2 cm³/mol. The van der Waals surface area contributed by atoms with Gasteiger partial charge in [0, 0.05) is 0 Å². The molecule has 3 nitrogen and oxygen atoms in total. The van der Waals surface area contributed by atoms with Gasteiger partial charge in [0.15, 0.2) is 0 Å². The number of aliphatic carboxylic acids is 1. The van der Waals surface area contributed by atoms with Crippen LogP contribution in [0, 0.1) is 0 Å². The fraction of sp³-hybridized carbons (Fsp3) is 0.333. The van der Waals surface area contributed by atoms with Crippen LogP contribution >= 0.6 is 0 Å². The third-order valence-electron chi connectivity index (χ3n) is 0.452. The second-order valence-corrected chi connectivity index (χ2v) is 1.13. The Morgan fingerprint density at radius 2 is 1.50 bits per heavy atom. The van der Waals surface area contributed by atoms with E-state index in [0.29, 0.717) is 0 Å². The molecular formula is C3H2F4O3. The smallest absolute Gasteiger partial charge is 0.461 e. The molecule has 0 atom stereocenters. The second-order valence-electron chi connectivity index (χ2n) is 1.13. The van der Waals surface area contributed by atoms with E-state index in [2.05, 4.69) is 0 Å². The van der Waals surface area contributed by atoms with Crippen molar-refractivity contribution in [2.75, 3.05) is 0 Å². The number of carboxylic acids is 1. The molecule has 0 aliphatic rings. The minimum Gasteiger partial charge on any atom is -0.475 e. The Kier molecular flexibility index (Phi) is 3.65. The largest absolute Gasteiger partial charge is 0.475 e. The molecule has 0 unspecified atom stereocenters. The maximum absolute atomic E-state index is 11.0. The third-order valence-corrected chi connectivity index (χ3v) is 0.452. The normalized spacial score (nSPS) is 9.90. The number of rotatable bonds is 1. The number of carbonyl (C=O) groups is 2. The molecule has 0 aromatic carbocycles. The summed E-state index contributed by atoms with van der Waals surface area (Å²) in [5.74, 6) is -5.23. The highest BCUT2D eigenvalue weighted by atomic mass is 19.4. The molecule has 0 aliphatic carbocycles. The average Bonchev–Trinajstić information content (AvgIpc) is 1.62. The third kappa shape index (κ3) is 3.00. The first-order valence-corrected chi connectivity index (χ1v) is 1.70. The van der Waals surface area contributed by atoms with E-state index < -0.39 is 17.9 Å². The molecule has 0 spiro atoms. The molecular weight excluding hydrogens is 160 g/mol. The summed E-state index contributed by atoms with van der Waals surface area (Å²) < 4.78 is 32.9. The van der Waals surface area contributed by atoms with E-state index in [-0.39, 0.29) is 4.70 Å². The lowest BCUT2D eigenvalue weighted by molar-refractivity contribution is -0.180. The Morgan fingerprint density at radius 1 is 1.20 bits per heavy atom. The minimum absolute atomic E-state index is 0. The highest BCUT2D eigenvalue weighted by molar-refractivity contribution is 6.34. The Hall–Kier alpha value is -1.14. The molecule has 0 saturated carbocycles. The van der Waals surface area contributed by atoms with E-state index in [9.17, 15) is 22.8 Å². The van der Waals surface area contributed by atoms with Crippen molar-refractivity contribution in [3.63, 3.8) is 0 Å². The van der Waals surface area contributed by atoms with Crippen LogP contribution in [0.4, 0.5) is 17.9 Å². The van der Waals surface area contributed by atoms with Crippen molar-refractivity contribution in [1.82, 2.24) is 0 Å². The summed E-state index contributed by atoms with van der Waals surface area (Å²) in [6.45, 7) is 0. The SMILES string of the molecule is F.O=C(O)C(=O)C(F)(F)F. The Labute approximate surface area is 51.8 Å². The Morgan fingerprint density at radius 3 is 1.50 bits per heavy atom. The number of hydrogen-bond donors (Lipinski definition) is 1. The molecule has 10 heavy (non-hydrogen) atoms. The highest BCUT2D eigenvalue weighted by Gasteiger charge is 2.43. The molecule has 1 N–H and O–H groups in total. The van der Waals surface area contributed by atoms with E-state index in [1.54, 1.807) is 0 Å². The number of ketones is 1. The molecule has 0 aromatic rings. The van der Waals surface area contributed by atoms with Gasteiger partial charge in [-0.25, -0.2) is 4.79 Å². The van der Waals surface area contributed by atoms with Gasteiger partial charge in [0.1, 0.15) is 0 Å². The van der Waals surface area contributed by atoms with Crippen LogP contribution < -0.4 is 0 Å². The van der Waals surface area contributed by atoms with E-state index >= 15 is 0 Å². The lowest BCUT2D eigenvalue weighted by Gasteiger charge is -1.97. The summed E-state index contributed by atoms with van der Waals surface area (Å²) >= 11 is 0. The predicted octanol–water partition coefficient (Wildman–Crippen LogP) is 0.355. The molecule has 7 heteroatoms. The summed E-state index contributed by atoms with van der Waals surface area (Å²) in [5, 5.41) is 7.45. The van der Waals surface area contributed by atoms with Crippen molar-refractivity contribution in [2.24, 2.45) is 0 Å². The van der Waals surface area contributed by atoms with Crippen molar-refractivity contribution < 1.29 is 32.6 Å². The zero-order valence-corrected chi connectivity index (χ0v) is 4.31. The number of hydrogen-bond acceptors (Lipinski definition) is 2. The van der Waals surface area contributed by atoms with Crippen molar-refractivity contribution in [1.29, 1.82) is 0 Å². The van der Waals surface area contributed by atoms with Crippen LogP contribution in [0.25, 0.3) is 0 Å².